The average molecular weight is 530 g/mol. The van der Waals surface area contributed by atoms with Crippen molar-refractivity contribution in [3.05, 3.63) is 0 Å². The van der Waals surface area contributed by atoms with Crippen molar-refractivity contribution in [1.82, 2.24) is 4.72 Å². The van der Waals surface area contributed by atoms with Gasteiger partial charge in [-0.3, -0.25) is 0 Å². The molecule has 1 atom stereocenters. The third-order valence-corrected chi connectivity index (χ3v) is 8.80. The molecule has 0 aromatic heterocycles. The monoisotopic (exact) mass is 529 g/mol. The van der Waals surface area contributed by atoms with Crippen LogP contribution in [0.25, 0.3) is 0 Å². The molecule has 0 bridgehead atoms. The first-order valence-corrected chi connectivity index (χ1v) is 18.0. The van der Waals surface area contributed by atoms with Crippen LogP contribution in [0.4, 0.5) is 0 Å². The van der Waals surface area contributed by atoms with Crippen molar-refractivity contribution < 1.29 is 8.76 Å². The first-order valence-electron chi connectivity index (χ1n) is 16.5. The number of hydrogen-bond donors (Lipinski definition) is 2. The molecule has 0 saturated carbocycles. The van der Waals surface area contributed by atoms with Gasteiger partial charge in [0.2, 0.25) is 0 Å². The van der Waals surface area contributed by atoms with Crippen LogP contribution in [0.5, 0.6) is 0 Å². The fraction of sp³-hybridized carbons (Fsp3) is 0.969. The van der Waals surface area contributed by atoms with Gasteiger partial charge in [-0.05, 0) is 19.3 Å². The Hall–Kier alpha value is -0.0600. The van der Waals surface area contributed by atoms with Crippen LogP contribution in [0, 0.1) is 0 Å². The molecule has 0 aliphatic rings. The van der Waals surface area contributed by atoms with Crippen LogP contribution >= 0.6 is 0 Å². The van der Waals surface area contributed by atoms with Crippen molar-refractivity contribution in [3.8, 4) is 0 Å². The lowest BCUT2D eigenvalue weighted by atomic mass is 10.0. The smallest absolute Gasteiger partial charge is 0.141 e. The van der Waals surface area contributed by atoms with E-state index in [2.05, 4.69) is 18.6 Å². The normalized spacial score (nSPS) is 13.2. The van der Waals surface area contributed by atoms with E-state index < -0.39 is 9.99 Å². The topological polar surface area (TPSA) is 49.3 Å². The minimum atomic E-state index is -2.94. The van der Waals surface area contributed by atoms with E-state index in [1.807, 2.05) is 0 Å². The molecule has 2 N–H and O–H groups in total. The summed E-state index contributed by atoms with van der Waals surface area (Å²) in [5, 5.41) is 1.62. The molecular weight excluding hydrogens is 462 g/mol. The molecule has 0 aromatic carbocycles. The molecule has 0 aliphatic heterocycles. The maximum absolute atomic E-state index is 12.2. The summed E-state index contributed by atoms with van der Waals surface area (Å²) < 4.78 is 25.2. The molecule has 0 spiro atoms. The Morgan fingerprint density at radius 2 is 0.750 bits per heavy atom. The highest BCUT2D eigenvalue weighted by Crippen LogP contribution is 2.14. The molecule has 218 valence electrons. The highest BCUT2D eigenvalue weighted by atomic mass is 32.2. The molecule has 3 nitrogen and oxygen atoms in total. The van der Waals surface area contributed by atoms with E-state index in [0.29, 0.717) is 6.54 Å². The summed E-state index contributed by atoms with van der Waals surface area (Å²) in [4.78, 5) is 0. The summed E-state index contributed by atoms with van der Waals surface area (Å²) in [6.45, 7) is 5.21. The molecule has 0 amide bonds. The van der Waals surface area contributed by atoms with Gasteiger partial charge in [-0.1, -0.05) is 174 Å². The van der Waals surface area contributed by atoms with Gasteiger partial charge in [0.1, 0.15) is 9.99 Å². The van der Waals surface area contributed by atoms with E-state index in [4.69, 9.17) is 0 Å². The van der Waals surface area contributed by atoms with Gasteiger partial charge in [0, 0.05) is 11.9 Å². The maximum atomic E-state index is 12.2. The van der Waals surface area contributed by atoms with E-state index >= 15 is 0 Å². The minimum absolute atomic E-state index is 0.655. The third kappa shape index (κ3) is 30.2. The molecule has 1 unspecified atom stereocenters. The van der Waals surface area contributed by atoms with Gasteiger partial charge >= 0.3 is 0 Å². The summed E-state index contributed by atoms with van der Waals surface area (Å²) >= 11 is 0. The summed E-state index contributed by atoms with van der Waals surface area (Å²) in [6.07, 6.45) is 36.9. The lowest BCUT2D eigenvalue weighted by molar-refractivity contribution is 0.526. The van der Waals surface area contributed by atoms with Crippen molar-refractivity contribution in [2.45, 2.75) is 194 Å². The zero-order chi connectivity index (χ0) is 26.4. The Labute approximate surface area is 228 Å². The SMILES string of the molecule is CCCCCCCCCCCCCCCC=S(=O)(O)NCCCCCCCCCCCCCCCC. The Morgan fingerprint density at radius 3 is 1.08 bits per heavy atom. The quantitative estimate of drug-likeness (QED) is 0.0718. The lowest BCUT2D eigenvalue weighted by Gasteiger charge is -2.07. The predicted octanol–water partition coefficient (Wildman–Crippen LogP) is 11.0. The van der Waals surface area contributed by atoms with Gasteiger partial charge in [0.15, 0.2) is 0 Å². The van der Waals surface area contributed by atoms with Crippen molar-refractivity contribution in [2.75, 3.05) is 6.54 Å². The number of nitrogens with one attached hydrogen (secondary N) is 1. The Morgan fingerprint density at radius 1 is 0.472 bits per heavy atom. The van der Waals surface area contributed by atoms with Crippen molar-refractivity contribution in [1.29, 1.82) is 0 Å². The molecular formula is C32H67NO2S. The van der Waals surface area contributed by atoms with Crippen LogP contribution in [0.2, 0.25) is 0 Å². The fourth-order valence-corrected chi connectivity index (χ4v) is 6.04. The molecule has 0 aliphatic carbocycles. The molecule has 0 fully saturated rings. The van der Waals surface area contributed by atoms with Crippen molar-refractivity contribution >= 4 is 15.4 Å². The van der Waals surface area contributed by atoms with Crippen LogP contribution in [0.15, 0.2) is 0 Å². The zero-order valence-electron chi connectivity index (χ0n) is 24.8. The van der Waals surface area contributed by atoms with Crippen molar-refractivity contribution in [3.63, 3.8) is 0 Å². The average Bonchev–Trinajstić information content (AvgIpc) is 2.86. The Bertz CT molecular complexity index is 528. The number of rotatable bonds is 30. The van der Waals surface area contributed by atoms with E-state index in [1.54, 1.807) is 5.37 Å². The second kappa shape index (κ2) is 29.5. The second-order valence-corrected chi connectivity index (χ2v) is 13.0. The highest BCUT2D eigenvalue weighted by Gasteiger charge is 2.01. The molecule has 0 radical (unpaired) electrons. The number of hydrogen-bond acceptors (Lipinski definition) is 1. The summed E-state index contributed by atoms with van der Waals surface area (Å²) in [6, 6.07) is 0. The Balaban J connectivity index is 3.36. The van der Waals surface area contributed by atoms with Crippen LogP contribution in [0.1, 0.15) is 194 Å². The summed E-state index contributed by atoms with van der Waals surface area (Å²) in [5.41, 5.74) is 0. The standard InChI is InChI=1S/C32H67NO2S/c1-3-5-7-9-11-13-15-17-19-21-23-25-27-29-31-33-36(34,35)32-30-28-26-24-22-20-18-16-14-12-10-8-6-4-2/h32H,3-31H2,1-2H3,(H2,33,34,35). The largest absolute Gasteiger partial charge is 0.302 e. The molecule has 0 rings (SSSR count). The van der Waals surface area contributed by atoms with Gasteiger partial charge in [-0.2, -0.15) is 0 Å². The van der Waals surface area contributed by atoms with Gasteiger partial charge in [0.25, 0.3) is 0 Å². The molecule has 0 saturated heterocycles. The highest BCUT2D eigenvalue weighted by molar-refractivity contribution is 7.94. The molecule has 4 heteroatoms. The summed E-state index contributed by atoms with van der Waals surface area (Å²) in [5.74, 6) is 0. The van der Waals surface area contributed by atoms with Gasteiger partial charge in [-0.15, -0.1) is 0 Å². The lowest BCUT2D eigenvalue weighted by Crippen LogP contribution is -2.25. The Kier molecular flexibility index (Phi) is 29.4. The van der Waals surface area contributed by atoms with Gasteiger partial charge in [-0.25, -0.2) is 8.93 Å². The van der Waals surface area contributed by atoms with Gasteiger partial charge < -0.3 is 4.55 Å². The van der Waals surface area contributed by atoms with E-state index in [1.165, 1.54) is 161 Å². The van der Waals surface area contributed by atoms with Crippen LogP contribution < -0.4 is 4.72 Å². The summed E-state index contributed by atoms with van der Waals surface area (Å²) in [7, 11) is -2.94. The molecule has 0 heterocycles. The van der Waals surface area contributed by atoms with E-state index in [0.717, 1.165) is 19.3 Å². The maximum Gasteiger partial charge on any atom is 0.141 e. The predicted molar refractivity (Wildman–Crippen MR) is 165 cm³/mol. The third-order valence-electron chi connectivity index (χ3n) is 7.49. The van der Waals surface area contributed by atoms with E-state index in [9.17, 15) is 8.76 Å². The van der Waals surface area contributed by atoms with Gasteiger partial charge in [0.05, 0.1) is 0 Å². The van der Waals surface area contributed by atoms with E-state index in [-0.39, 0.29) is 0 Å². The zero-order valence-corrected chi connectivity index (χ0v) is 25.7. The number of unbranched alkanes of at least 4 members (excludes halogenated alkanes) is 26. The fourth-order valence-electron chi connectivity index (χ4n) is 5.00. The molecule has 36 heavy (non-hydrogen) atoms. The van der Waals surface area contributed by atoms with Crippen molar-refractivity contribution in [2.24, 2.45) is 0 Å². The minimum Gasteiger partial charge on any atom is -0.302 e. The first kappa shape index (κ1) is 35.9. The van der Waals surface area contributed by atoms with Crippen LogP contribution in [-0.2, 0) is 9.99 Å². The van der Waals surface area contributed by atoms with Crippen LogP contribution in [-0.4, -0.2) is 20.7 Å². The second-order valence-electron chi connectivity index (χ2n) is 11.3. The molecule has 0 aromatic rings. The van der Waals surface area contributed by atoms with Crippen LogP contribution in [0.3, 0.4) is 0 Å². The first-order chi connectivity index (χ1) is 17.6.